The second kappa shape index (κ2) is 5.50. The summed E-state index contributed by atoms with van der Waals surface area (Å²) in [5.74, 6) is -0.0808. The highest BCUT2D eigenvalue weighted by Gasteiger charge is 2.21. The van der Waals surface area contributed by atoms with Gasteiger partial charge in [-0.15, -0.1) is 0 Å². The Morgan fingerprint density at radius 1 is 1.22 bits per heavy atom. The van der Waals surface area contributed by atoms with Crippen molar-refractivity contribution in [3.8, 4) is 0 Å². The Balaban J connectivity index is 3.02. The highest BCUT2D eigenvalue weighted by molar-refractivity contribution is 9.09. The lowest BCUT2D eigenvalue weighted by Crippen LogP contribution is -2.40. The highest BCUT2D eigenvalue weighted by atomic mass is 79.9. The van der Waals surface area contributed by atoms with Crippen LogP contribution in [0.25, 0.3) is 0 Å². The van der Waals surface area contributed by atoms with Crippen molar-refractivity contribution in [1.29, 1.82) is 0 Å². The van der Waals surface area contributed by atoms with Gasteiger partial charge in [-0.2, -0.15) is 0 Å². The zero-order valence-electron chi connectivity index (χ0n) is 10.5. The van der Waals surface area contributed by atoms with Crippen molar-refractivity contribution in [1.82, 2.24) is 4.72 Å². The average Bonchev–Trinajstić information content (AvgIpc) is 2.25. The molecule has 0 aliphatic rings. The molecule has 1 N–H and O–H groups in total. The minimum Gasteiger partial charge on any atom is -0.293 e. The first-order valence-corrected chi connectivity index (χ1v) is 7.99. The fourth-order valence-electron chi connectivity index (χ4n) is 1.36. The van der Waals surface area contributed by atoms with E-state index in [9.17, 15) is 13.2 Å². The summed E-state index contributed by atoms with van der Waals surface area (Å²) in [4.78, 5) is 11.5. The van der Waals surface area contributed by atoms with Crippen LogP contribution in [0.15, 0.2) is 29.2 Å². The van der Waals surface area contributed by atoms with Crippen molar-refractivity contribution in [2.45, 2.75) is 31.2 Å². The lowest BCUT2D eigenvalue weighted by atomic mass is 10.1. The van der Waals surface area contributed by atoms with Gasteiger partial charge in [-0.25, -0.2) is 13.1 Å². The van der Waals surface area contributed by atoms with Crippen molar-refractivity contribution in [2.75, 3.05) is 5.33 Å². The molecule has 0 aliphatic heterocycles. The number of benzene rings is 1. The maximum atomic E-state index is 12.0. The molecule has 1 aromatic carbocycles. The monoisotopic (exact) mass is 333 g/mol. The third-order valence-electron chi connectivity index (χ3n) is 2.05. The Morgan fingerprint density at radius 2 is 1.72 bits per heavy atom. The number of alkyl halides is 1. The molecule has 0 aromatic heterocycles. The SMILES string of the molecule is CC(C)(C)NS(=O)(=O)c1ccc(C(=O)CBr)cc1. The summed E-state index contributed by atoms with van der Waals surface area (Å²) >= 11 is 3.07. The number of carbonyl (C=O) groups is 1. The number of hydrogen-bond donors (Lipinski definition) is 1. The van der Waals surface area contributed by atoms with Crippen molar-refractivity contribution in [3.05, 3.63) is 29.8 Å². The van der Waals surface area contributed by atoms with Gasteiger partial charge in [0.25, 0.3) is 0 Å². The highest BCUT2D eigenvalue weighted by Crippen LogP contribution is 2.14. The van der Waals surface area contributed by atoms with E-state index in [1.165, 1.54) is 24.3 Å². The minimum atomic E-state index is -3.54. The molecule has 1 aromatic rings. The Kier molecular flexibility index (Phi) is 4.69. The standard InChI is InChI=1S/C12H16BrNO3S/c1-12(2,3)14-18(16,17)10-6-4-9(5-7-10)11(15)8-13/h4-7,14H,8H2,1-3H3. The number of carbonyl (C=O) groups excluding carboxylic acids is 1. The van der Waals surface area contributed by atoms with Gasteiger partial charge < -0.3 is 0 Å². The number of rotatable bonds is 4. The van der Waals surface area contributed by atoms with Gasteiger partial charge in [0.1, 0.15) is 0 Å². The predicted octanol–water partition coefficient (Wildman–Crippen LogP) is 2.34. The molecule has 0 aliphatic carbocycles. The molecule has 0 radical (unpaired) electrons. The largest absolute Gasteiger partial charge is 0.293 e. The molecule has 0 fully saturated rings. The third kappa shape index (κ3) is 4.19. The lowest BCUT2D eigenvalue weighted by Gasteiger charge is -2.20. The molecule has 4 nitrogen and oxygen atoms in total. The summed E-state index contributed by atoms with van der Waals surface area (Å²) in [7, 11) is -3.54. The van der Waals surface area contributed by atoms with Crippen LogP contribution in [0, 0.1) is 0 Å². The molecule has 0 amide bonds. The van der Waals surface area contributed by atoms with Crippen molar-refractivity contribution < 1.29 is 13.2 Å². The van der Waals surface area contributed by atoms with Crippen molar-refractivity contribution in [3.63, 3.8) is 0 Å². The summed E-state index contributed by atoms with van der Waals surface area (Å²) in [6, 6.07) is 5.90. The van der Waals surface area contributed by atoms with Gasteiger partial charge in [0.05, 0.1) is 10.2 Å². The molecular weight excluding hydrogens is 318 g/mol. The molecule has 0 heterocycles. The van der Waals surface area contributed by atoms with Crippen LogP contribution in [0.3, 0.4) is 0 Å². The molecular formula is C12H16BrNO3S. The topological polar surface area (TPSA) is 63.2 Å². The number of Topliss-reactive ketones (excluding diaryl/α,β-unsaturated/α-hetero) is 1. The van der Waals surface area contributed by atoms with Gasteiger partial charge >= 0.3 is 0 Å². The summed E-state index contributed by atoms with van der Waals surface area (Å²) in [6.45, 7) is 5.31. The quantitative estimate of drug-likeness (QED) is 0.679. The maximum absolute atomic E-state index is 12.0. The van der Waals surface area contributed by atoms with E-state index < -0.39 is 15.6 Å². The van der Waals surface area contributed by atoms with E-state index in [0.29, 0.717) is 5.56 Å². The van der Waals surface area contributed by atoms with E-state index in [0.717, 1.165) is 0 Å². The van der Waals surface area contributed by atoms with Crippen LogP contribution in [-0.4, -0.2) is 25.1 Å². The Bertz CT molecular complexity index is 529. The van der Waals surface area contributed by atoms with Crippen molar-refractivity contribution in [2.24, 2.45) is 0 Å². The molecule has 0 unspecified atom stereocenters. The summed E-state index contributed by atoms with van der Waals surface area (Å²) in [6.07, 6.45) is 0. The lowest BCUT2D eigenvalue weighted by molar-refractivity contribution is 0.102. The van der Waals surface area contributed by atoms with Gasteiger partial charge in [-0.1, -0.05) is 28.1 Å². The Hall–Kier alpha value is -0.720. The number of ketones is 1. The smallest absolute Gasteiger partial charge is 0.241 e. The van der Waals surface area contributed by atoms with Crippen LogP contribution in [0.5, 0.6) is 0 Å². The molecule has 0 bridgehead atoms. The summed E-state index contributed by atoms with van der Waals surface area (Å²) in [5, 5.41) is 0.222. The second-order valence-corrected chi connectivity index (χ2v) is 7.18. The third-order valence-corrected chi connectivity index (χ3v) is 4.33. The molecule has 100 valence electrons. The molecule has 1 rings (SSSR count). The van der Waals surface area contributed by atoms with E-state index in [1.54, 1.807) is 20.8 Å². The molecule has 18 heavy (non-hydrogen) atoms. The fraction of sp³-hybridized carbons (Fsp3) is 0.417. The zero-order valence-corrected chi connectivity index (χ0v) is 12.9. The maximum Gasteiger partial charge on any atom is 0.241 e. The number of sulfonamides is 1. The number of nitrogens with one attached hydrogen (secondary N) is 1. The normalized spacial score (nSPS) is 12.4. The van der Waals surface area contributed by atoms with Crippen molar-refractivity contribution >= 4 is 31.7 Å². The van der Waals surface area contributed by atoms with Crippen LogP contribution in [0.4, 0.5) is 0 Å². The van der Waals surface area contributed by atoms with Crippen LogP contribution in [-0.2, 0) is 10.0 Å². The van der Waals surface area contributed by atoms with E-state index in [-0.39, 0.29) is 16.0 Å². The molecule has 0 saturated heterocycles. The van der Waals surface area contributed by atoms with E-state index in [2.05, 4.69) is 20.7 Å². The molecule has 0 saturated carbocycles. The number of halogens is 1. The minimum absolute atomic E-state index is 0.0808. The second-order valence-electron chi connectivity index (χ2n) is 4.94. The van der Waals surface area contributed by atoms with Crippen LogP contribution in [0.1, 0.15) is 31.1 Å². The summed E-state index contributed by atoms with van der Waals surface area (Å²) < 4.78 is 26.5. The van der Waals surface area contributed by atoms with Gasteiger partial charge in [-0.05, 0) is 32.9 Å². The zero-order chi connectivity index (χ0) is 14.0. The molecule has 0 spiro atoms. The van der Waals surface area contributed by atoms with Gasteiger partial charge in [-0.3, -0.25) is 4.79 Å². The Labute approximate surface area is 116 Å². The van der Waals surface area contributed by atoms with Gasteiger partial charge in [0, 0.05) is 11.1 Å². The first-order chi connectivity index (χ1) is 8.15. The van der Waals surface area contributed by atoms with Crippen LogP contribution < -0.4 is 4.72 Å². The van der Waals surface area contributed by atoms with Gasteiger partial charge in [0.15, 0.2) is 5.78 Å². The van der Waals surface area contributed by atoms with E-state index in [4.69, 9.17) is 0 Å². The van der Waals surface area contributed by atoms with Gasteiger partial charge in [0.2, 0.25) is 10.0 Å². The first kappa shape index (κ1) is 15.3. The molecule has 0 atom stereocenters. The van der Waals surface area contributed by atoms with E-state index in [1.807, 2.05) is 0 Å². The predicted molar refractivity (Wildman–Crippen MR) is 74.6 cm³/mol. The van der Waals surface area contributed by atoms with Crippen LogP contribution >= 0.6 is 15.9 Å². The first-order valence-electron chi connectivity index (χ1n) is 5.39. The summed E-state index contributed by atoms with van der Waals surface area (Å²) in [5.41, 5.74) is -0.0509. The Morgan fingerprint density at radius 3 is 2.11 bits per heavy atom. The number of hydrogen-bond acceptors (Lipinski definition) is 3. The fourth-order valence-corrected chi connectivity index (χ4v) is 3.10. The van der Waals surface area contributed by atoms with Crippen LogP contribution in [0.2, 0.25) is 0 Å². The van der Waals surface area contributed by atoms with E-state index >= 15 is 0 Å². The molecule has 6 heteroatoms. The average molecular weight is 334 g/mol.